The normalized spacial score (nSPS) is 18.3. The van der Waals surface area contributed by atoms with Crippen LogP contribution in [0.5, 0.6) is 0 Å². The fourth-order valence-corrected chi connectivity index (χ4v) is 2.52. The van der Waals surface area contributed by atoms with Crippen LogP contribution in [0, 0.1) is 5.41 Å². The van der Waals surface area contributed by atoms with Gasteiger partial charge in [0.25, 0.3) is 0 Å². The maximum absolute atomic E-state index is 12.3. The van der Waals surface area contributed by atoms with Gasteiger partial charge in [0.15, 0.2) is 5.84 Å². The number of amidine groups is 1. The van der Waals surface area contributed by atoms with E-state index in [-0.39, 0.29) is 17.2 Å². The van der Waals surface area contributed by atoms with Gasteiger partial charge >= 0.3 is 0 Å². The molecule has 0 spiro atoms. The minimum atomic E-state index is -0.307. The van der Waals surface area contributed by atoms with Crippen molar-refractivity contribution in [3.63, 3.8) is 0 Å². The lowest BCUT2D eigenvalue weighted by atomic mass is 9.87. The predicted molar refractivity (Wildman–Crippen MR) is 74.2 cm³/mol. The molecule has 0 unspecified atom stereocenters. The second kappa shape index (κ2) is 5.30. The second-order valence-electron chi connectivity index (χ2n) is 5.25. The first-order valence-corrected chi connectivity index (χ1v) is 6.45. The molecule has 102 valence electrons. The minimum Gasteiger partial charge on any atom is -0.409 e. The van der Waals surface area contributed by atoms with Gasteiger partial charge in [0.1, 0.15) is 0 Å². The molecule has 1 aromatic rings. The number of para-hydroxylation sites is 1. The number of anilines is 1. The molecule has 0 saturated heterocycles. The molecule has 1 saturated carbocycles. The average molecular weight is 261 g/mol. The number of hydrogen-bond donors (Lipinski definition) is 3. The Morgan fingerprint density at radius 2 is 2.00 bits per heavy atom. The summed E-state index contributed by atoms with van der Waals surface area (Å²) in [5.41, 5.74) is 6.41. The Labute approximate surface area is 112 Å². The molecule has 0 heterocycles. The highest BCUT2D eigenvalue weighted by atomic mass is 16.4. The summed E-state index contributed by atoms with van der Waals surface area (Å²) in [7, 11) is 0. The highest BCUT2D eigenvalue weighted by Crippen LogP contribution is 2.38. The Kier molecular flexibility index (Phi) is 3.74. The van der Waals surface area contributed by atoms with E-state index in [0.717, 1.165) is 25.7 Å². The van der Waals surface area contributed by atoms with Crippen molar-refractivity contribution in [3.05, 3.63) is 29.8 Å². The first kappa shape index (κ1) is 13.4. The molecule has 0 radical (unpaired) electrons. The van der Waals surface area contributed by atoms with Gasteiger partial charge in [-0.3, -0.25) is 4.79 Å². The number of rotatable bonds is 3. The van der Waals surface area contributed by atoms with Crippen LogP contribution in [0.15, 0.2) is 29.4 Å². The number of oxime groups is 1. The molecule has 5 nitrogen and oxygen atoms in total. The van der Waals surface area contributed by atoms with Gasteiger partial charge in [-0.1, -0.05) is 37.1 Å². The average Bonchev–Trinajstić information content (AvgIpc) is 2.87. The zero-order valence-electron chi connectivity index (χ0n) is 11.0. The van der Waals surface area contributed by atoms with Gasteiger partial charge in [0.05, 0.1) is 5.69 Å². The van der Waals surface area contributed by atoms with Gasteiger partial charge in [-0.05, 0) is 25.0 Å². The van der Waals surface area contributed by atoms with Crippen LogP contribution >= 0.6 is 0 Å². The zero-order valence-corrected chi connectivity index (χ0v) is 11.0. The fraction of sp³-hybridized carbons (Fsp3) is 0.429. The highest BCUT2D eigenvalue weighted by Gasteiger charge is 2.36. The number of carbonyl (C=O) groups is 1. The van der Waals surface area contributed by atoms with Gasteiger partial charge in [-0.15, -0.1) is 0 Å². The van der Waals surface area contributed by atoms with E-state index in [9.17, 15) is 4.79 Å². The lowest BCUT2D eigenvalue weighted by Crippen LogP contribution is -2.31. The smallest absolute Gasteiger partial charge is 0.230 e. The van der Waals surface area contributed by atoms with Crippen molar-refractivity contribution in [2.45, 2.75) is 32.6 Å². The van der Waals surface area contributed by atoms with Crippen LogP contribution in [0.4, 0.5) is 5.69 Å². The molecule has 5 heteroatoms. The van der Waals surface area contributed by atoms with E-state index in [1.807, 2.05) is 6.92 Å². The number of carbonyl (C=O) groups excluding carboxylic acids is 1. The summed E-state index contributed by atoms with van der Waals surface area (Å²) in [6.45, 7) is 1.99. The van der Waals surface area contributed by atoms with Crippen molar-refractivity contribution in [1.82, 2.24) is 0 Å². The lowest BCUT2D eigenvalue weighted by Gasteiger charge is -2.23. The van der Waals surface area contributed by atoms with E-state index in [2.05, 4.69) is 10.5 Å². The van der Waals surface area contributed by atoms with Gasteiger partial charge < -0.3 is 16.3 Å². The van der Waals surface area contributed by atoms with Gasteiger partial charge in [0, 0.05) is 11.0 Å². The standard InChI is InChI=1S/C14H19N3O2/c1-14(8-4-5-9-14)13(18)16-11-7-3-2-6-10(11)12(15)17-19/h2-3,6-7,19H,4-5,8-9H2,1H3,(H2,15,17)(H,16,18). The van der Waals surface area contributed by atoms with Crippen molar-refractivity contribution in [2.75, 3.05) is 5.32 Å². The molecule has 1 amide bonds. The lowest BCUT2D eigenvalue weighted by molar-refractivity contribution is -0.124. The van der Waals surface area contributed by atoms with Crippen LogP contribution in [-0.2, 0) is 4.79 Å². The summed E-state index contributed by atoms with van der Waals surface area (Å²) >= 11 is 0. The van der Waals surface area contributed by atoms with Crippen molar-refractivity contribution in [2.24, 2.45) is 16.3 Å². The molecule has 1 aliphatic carbocycles. The van der Waals surface area contributed by atoms with E-state index in [0.29, 0.717) is 11.3 Å². The Morgan fingerprint density at radius 1 is 1.37 bits per heavy atom. The number of nitrogens with zero attached hydrogens (tertiary/aromatic N) is 1. The molecule has 1 aromatic carbocycles. The van der Waals surface area contributed by atoms with Crippen molar-refractivity contribution < 1.29 is 10.0 Å². The van der Waals surface area contributed by atoms with E-state index in [4.69, 9.17) is 10.9 Å². The first-order valence-electron chi connectivity index (χ1n) is 6.45. The molecule has 1 aliphatic rings. The topological polar surface area (TPSA) is 87.7 Å². The zero-order chi connectivity index (χ0) is 13.9. The van der Waals surface area contributed by atoms with Crippen molar-refractivity contribution in [3.8, 4) is 0 Å². The Hall–Kier alpha value is -2.04. The summed E-state index contributed by atoms with van der Waals surface area (Å²) in [6, 6.07) is 7.05. The van der Waals surface area contributed by atoms with Gasteiger partial charge in [-0.2, -0.15) is 0 Å². The summed E-state index contributed by atoms with van der Waals surface area (Å²) in [6.07, 6.45) is 3.99. The van der Waals surface area contributed by atoms with Crippen LogP contribution in [-0.4, -0.2) is 17.0 Å². The first-order chi connectivity index (χ1) is 9.07. The molecular weight excluding hydrogens is 242 g/mol. The molecule has 0 aromatic heterocycles. The van der Waals surface area contributed by atoms with Crippen molar-refractivity contribution >= 4 is 17.4 Å². The predicted octanol–water partition coefficient (Wildman–Crippen LogP) is 2.30. The monoisotopic (exact) mass is 261 g/mol. The third kappa shape index (κ3) is 2.70. The molecule has 4 N–H and O–H groups in total. The van der Waals surface area contributed by atoms with Gasteiger partial charge in [0.2, 0.25) is 5.91 Å². The van der Waals surface area contributed by atoms with E-state index in [1.54, 1.807) is 24.3 Å². The summed E-state index contributed by atoms with van der Waals surface area (Å²) in [5, 5.41) is 14.6. The number of nitrogens with one attached hydrogen (secondary N) is 1. The Bertz CT molecular complexity index is 505. The molecule has 19 heavy (non-hydrogen) atoms. The highest BCUT2D eigenvalue weighted by molar-refractivity contribution is 6.06. The maximum Gasteiger partial charge on any atom is 0.230 e. The molecule has 1 fully saturated rings. The molecule has 2 rings (SSSR count). The van der Waals surface area contributed by atoms with E-state index < -0.39 is 0 Å². The van der Waals surface area contributed by atoms with Crippen molar-refractivity contribution in [1.29, 1.82) is 0 Å². The number of hydrogen-bond acceptors (Lipinski definition) is 3. The van der Waals surface area contributed by atoms with Crippen LogP contribution < -0.4 is 11.1 Å². The van der Waals surface area contributed by atoms with Crippen LogP contribution in [0.2, 0.25) is 0 Å². The fourth-order valence-electron chi connectivity index (χ4n) is 2.52. The quantitative estimate of drug-likeness (QED) is 0.337. The SMILES string of the molecule is CC1(C(=O)Nc2ccccc2C(N)=NO)CCCC1. The van der Waals surface area contributed by atoms with Crippen LogP contribution in [0.25, 0.3) is 0 Å². The summed E-state index contributed by atoms with van der Waals surface area (Å²) in [4.78, 5) is 12.3. The molecular formula is C14H19N3O2. The van der Waals surface area contributed by atoms with E-state index in [1.165, 1.54) is 0 Å². The summed E-state index contributed by atoms with van der Waals surface area (Å²) < 4.78 is 0. The number of amides is 1. The van der Waals surface area contributed by atoms with Crippen LogP contribution in [0.1, 0.15) is 38.2 Å². The third-order valence-corrected chi connectivity index (χ3v) is 3.81. The Balaban J connectivity index is 2.22. The maximum atomic E-state index is 12.3. The largest absolute Gasteiger partial charge is 0.409 e. The third-order valence-electron chi connectivity index (χ3n) is 3.81. The molecule has 0 aliphatic heterocycles. The summed E-state index contributed by atoms with van der Waals surface area (Å²) in [5.74, 6) is -0.00401. The van der Waals surface area contributed by atoms with E-state index >= 15 is 0 Å². The number of benzene rings is 1. The molecule has 0 bridgehead atoms. The van der Waals surface area contributed by atoms with Crippen LogP contribution in [0.3, 0.4) is 0 Å². The molecule has 0 atom stereocenters. The Morgan fingerprint density at radius 3 is 2.63 bits per heavy atom. The second-order valence-corrected chi connectivity index (χ2v) is 5.25. The minimum absolute atomic E-state index is 0.00295. The number of nitrogens with two attached hydrogens (primary N) is 1. The van der Waals surface area contributed by atoms with Gasteiger partial charge in [-0.25, -0.2) is 0 Å².